The van der Waals surface area contributed by atoms with Gasteiger partial charge in [-0.25, -0.2) is 4.39 Å². The summed E-state index contributed by atoms with van der Waals surface area (Å²) >= 11 is 12.2. The van der Waals surface area contributed by atoms with Crippen LogP contribution in [0.3, 0.4) is 0 Å². The van der Waals surface area contributed by atoms with E-state index in [0.29, 0.717) is 10.8 Å². The molecule has 4 rings (SSSR count). The largest absolute Gasteiger partial charge is 0.550 e. The Morgan fingerprint density at radius 3 is 2.44 bits per heavy atom. The van der Waals surface area contributed by atoms with E-state index >= 15 is 0 Å². The van der Waals surface area contributed by atoms with Crippen LogP contribution in [0.25, 0.3) is 10.9 Å². The van der Waals surface area contributed by atoms with Gasteiger partial charge in [-0.3, -0.25) is 4.98 Å². The molecule has 6 heteroatoms. The van der Waals surface area contributed by atoms with E-state index in [1.165, 1.54) is 6.07 Å². The second-order valence-corrected chi connectivity index (χ2v) is 6.90. The minimum Gasteiger partial charge on any atom is -0.550 e. The fraction of sp³-hybridized carbons (Fsp3) is 0. The highest BCUT2D eigenvalue weighted by Crippen LogP contribution is 2.24. The highest BCUT2D eigenvalue weighted by molar-refractivity contribution is 6.80. The zero-order valence-electron chi connectivity index (χ0n) is 14.1. The van der Waals surface area contributed by atoms with Crippen LogP contribution in [0.15, 0.2) is 79.0 Å². The van der Waals surface area contributed by atoms with Gasteiger partial charge < -0.3 is 4.65 Å². The average molecular weight is 396 g/mol. The molecule has 1 heterocycles. The topological polar surface area (TPSA) is 22.1 Å². The molecule has 0 bridgehead atoms. The second-order valence-electron chi connectivity index (χ2n) is 6.06. The number of nitrogens with zero attached hydrogens (tertiary/aromatic N) is 1. The molecule has 0 unspecified atom stereocenters. The van der Waals surface area contributed by atoms with Gasteiger partial charge in [-0.15, -0.1) is 0 Å². The van der Waals surface area contributed by atoms with Crippen LogP contribution < -0.4 is 15.6 Å². The van der Waals surface area contributed by atoms with Gasteiger partial charge in [0.25, 0.3) is 0 Å². The molecule has 2 nitrogen and oxygen atoms in total. The Morgan fingerprint density at radius 2 is 1.63 bits per heavy atom. The van der Waals surface area contributed by atoms with Gasteiger partial charge in [-0.2, -0.15) is 0 Å². The van der Waals surface area contributed by atoms with Crippen molar-refractivity contribution in [1.29, 1.82) is 0 Å². The zero-order chi connectivity index (χ0) is 18.8. The van der Waals surface area contributed by atoms with Gasteiger partial charge >= 0.3 is 6.92 Å². The molecule has 0 aliphatic carbocycles. The first-order chi connectivity index (χ1) is 13.1. The summed E-state index contributed by atoms with van der Waals surface area (Å²) in [6, 6.07) is 21.5. The third kappa shape index (κ3) is 3.77. The molecule has 132 valence electrons. The molecule has 0 spiro atoms. The lowest BCUT2D eigenvalue weighted by atomic mass is 9.55. The third-order valence-corrected chi connectivity index (χ3v) is 4.76. The van der Waals surface area contributed by atoms with Gasteiger partial charge in [0.2, 0.25) is 0 Å². The summed E-state index contributed by atoms with van der Waals surface area (Å²) in [6.45, 7) is -0.519. The summed E-state index contributed by atoms with van der Waals surface area (Å²) in [6.07, 6.45) is 1.72. The summed E-state index contributed by atoms with van der Waals surface area (Å²) in [5.41, 5.74) is 2.30. The lowest BCUT2D eigenvalue weighted by Crippen LogP contribution is -2.47. The van der Waals surface area contributed by atoms with Crippen LogP contribution in [-0.2, 0) is 0 Å². The highest BCUT2D eigenvalue weighted by Gasteiger charge is 2.26. The molecule has 27 heavy (non-hydrogen) atoms. The van der Waals surface area contributed by atoms with E-state index in [-0.39, 0.29) is 5.02 Å². The molecule has 1 aromatic heterocycles. The number of hydrogen-bond donors (Lipinski definition) is 0. The van der Waals surface area contributed by atoms with E-state index in [0.717, 1.165) is 21.8 Å². The number of halogens is 3. The molecule has 0 amide bonds. The molecule has 3 aromatic carbocycles. The molecule has 0 atom stereocenters. The molecule has 0 N–H and O–H groups in total. The molecule has 0 saturated heterocycles. The Kier molecular flexibility index (Phi) is 5.02. The SMILES string of the molecule is Fc1ccc(B(Oc2cccc3cccnc23)c2cccc(Cl)c2)cc1Cl. The first-order valence-corrected chi connectivity index (χ1v) is 9.08. The van der Waals surface area contributed by atoms with Crippen LogP contribution in [0.5, 0.6) is 5.75 Å². The minimum absolute atomic E-state index is 0.0409. The number of para-hydroxylation sites is 1. The van der Waals surface area contributed by atoms with E-state index in [1.54, 1.807) is 24.4 Å². The van der Waals surface area contributed by atoms with Gasteiger partial charge in [0.05, 0.1) is 5.02 Å². The maximum atomic E-state index is 13.7. The van der Waals surface area contributed by atoms with Gasteiger partial charge in [-0.05, 0) is 47.3 Å². The van der Waals surface area contributed by atoms with E-state index < -0.39 is 12.7 Å². The van der Waals surface area contributed by atoms with Gasteiger partial charge in [0.1, 0.15) is 17.1 Å². The monoisotopic (exact) mass is 395 g/mol. The maximum absolute atomic E-state index is 13.7. The standard InChI is InChI=1S/C21H13BCl2FNO/c23-17-7-2-6-15(12-17)22(16-9-10-19(25)18(24)13-16)27-20-8-1-4-14-5-3-11-26-21(14)20/h1-13H. The summed E-state index contributed by atoms with van der Waals surface area (Å²) in [4.78, 5) is 4.43. The lowest BCUT2D eigenvalue weighted by Gasteiger charge is -2.18. The molecule has 0 aliphatic heterocycles. The molecule has 0 aliphatic rings. The van der Waals surface area contributed by atoms with Crippen molar-refractivity contribution >= 4 is 51.9 Å². The molecular weight excluding hydrogens is 383 g/mol. The fourth-order valence-corrected chi connectivity index (χ4v) is 3.36. The Hall–Kier alpha value is -2.56. The number of benzene rings is 3. The van der Waals surface area contributed by atoms with Crippen molar-refractivity contribution in [3.8, 4) is 5.75 Å². The number of hydrogen-bond acceptors (Lipinski definition) is 2. The molecular formula is C21H13BCl2FNO. The number of fused-ring (bicyclic) bond motifs is 1. The second kappa shape index (κ2) is 7.59. The van der Waals surface area contributed by atoms with E-state index in [9.17, 15) is 4.39 Å². The summed E-state index contributed by atoms with van der Waals surface area (Å²) < 4.78 is 20.0. The molecule has 0 saturated carbocycles. The zero-order valence-corrected chi connectivity index (χ0v) is 15.6. The van der Waals surface area contributed by atoms with Crippen molar-refractivity contribution in [2.45, 2.75) is 0 Å². The number of rotatable bonds is 4. The van der Waals surface area contributed by atoms with Crippen molar-refractivity contribution < 1.29 is 9.04 Å². The summed E-state index contributed by atoms with van der Waals surface area (Å²) in [5.74, 6) is 0.149. The number of pyridine rings is 1. The van der Waals surface area contributed by atoms with Crippen LogP contribution in [0.2, 0.25) is 10.0 Å². The van der Waals surface area contributed by atoms with Crippen LogP contribution in [0.1, 0.15) is 0 Å². The molecule has 0 radical (unpaired) electrons. The first-order valence-electron chi connectivity index (χ1n) is 8.32. The third-order valence-electron chi connectivity index (χ3n) is 4.24. The predicted molar refractivity (Wildman–Crippen MR) is 110 cm³/mol. The van der Waals surface area contributed by atoms with Gasteiger partial charge in [0, 0.05) is 16.6 Å². The van der Waals surface area contributed by atoms with E-state index in [2.05, 4.69) is 4.98 Å². The van der Waals surface area contributed by atoms with Crippen LogP contribution in [0, 0.1) is 5.82 Å². The lowest BCUT2D eigenvalue weighted by molar-refractivity contribution is 0.597. The Balaban J connectivity index is 1.83. The first kappa shape index (κ1) is 17.8. The van der Waals surface area contributed by atoms with E-state index in [4.69, 9.17) is 27.9 Å². The smallest absolute Gasteiger partial charge is 0.426 e. The minimum atomic E-state index is -0.519. The fourth-order valence-electron chi connectivity index (χ4n) is 2.97. The Morgan fingerprint density at radius 1 is 0.852 bits per heavy atom. The van der Waals surface area contributed by atoms with Crippen molar-refractivity contribution in [2.75, 3.05) is 0 Å². The van der Waals surface area contributed by atoms with Crippen LogP contribution >= 0.6 is 23.2 Å². The van der Waals surface area contributed by atoms with Crippen molar-refractivity contribution in [3.63, 3.8) is 0 Å². The maximum Gasteiger partial charge on any atom is 0.426 e. The quantitative estimate of drug-likeness (QED) is 0.460. The van der Waals surface area contributed by atoms with Crippen LogP contribution in [-0.4, -0.2) is 11.9 Å². The van der Waals surface area contributed by atoms with Crippen molar-refractivity contribution in [2.24, 2.45) is 0 Å². The summed E-state index contributed by atoms with van der Waals surface area (Å²) in [7, 11) is 0. The highest BCUT2D eigenvalue weighted by atomic mass is 35.5. The molecule has 4 aromatic rings. The normalized spacial score (nSPS) is 10.8. The average Bonchev–Trinajstić information content (AvgIpc) is 2.68. The number of aromatic nitrogens is 1. The molecule has 0 fully saturated rings. The van der Waals surface area contributed by atoms with Gasteiger partial charge in [-0.1, -0.05) is 59.6 Å². The Bertz CT molecular complexity index is 1120. The van der Waals surface area contributed by atoms with Crippen molar-refractivity contribution in [3.05, 3.63) is 94.9 Å². The van der Waals surface area contributed by atoms with Crippen LogP contribution in [0.4, 0.5) is 4.39 Å². The predicted octanol–water partition coefficient (Wildman–Crippen LogP) is 4.87. The van der Waals surface area contributed by atoms with E-state index in [1.807, 2.05) is 48.5 Å². The Labute approximate surface area is 166 Å². The van der Waals surface area contributed by atoms with Gasteiger partial charge in [0.15, 0.2) is 0 Å². The van der Waals surface area contributed by atoms with Crippen molar-refractivity contribution in [1.82, 2.24) is 4.98 Å². The summed E-state index contributed by atoms with van der Waals surface area (Å²) in [5, 5.41) is 1.60.